The van der Waals surface area contributed by atoms with E-state index in [4.69, 9.17) is 9.47 Å². The molecule has 1 saturated heterocycles. The van der Waals surface area contributed by atoms with Crippen LogP contribution in [0.5, 0.6) is 5.75 Å². The van der Waals surface area contributed by atoms with Crippen molar-refractivity contribution in [1.82, 2.24) is 5.32 Å². The summed E-state index contributed by atoms with van der Waals surface area (Å²) in [6.07, 6.45) is -0.128. The van der Waals surface area contributed by atoms with Gasteiger partial charge in [-0.2, -0.15) is 0 Å². The number of non-ortho nitro benzene ring substituents is 1. The van der Waals surface area contributed by atoms with Crippen molar-refractivity contribution in [1.29, 1.82) is 0 Å². The second-order valence-electron chi connectivity index (χ2n) is 3.84. The fourth-order valence-electron chi connectivity index (χ4n) is 1.83. The molecular weight excluding hydrogens is 260 g/mol. The Kier molecular flexibility index (Phi) is 5.33. The number of hydrogen-bond acceptors (Lipinski definition) is 5. The van der Waals surface area contributed by atoms with Gasteiger partial charge in [0.15, 0.2) is 0 Å². The minimum absolute atomic E-state index is 0. The van der Waals surface area contributed by atoms with Crippen LogP contribution >= 0.6 is 12.4 Å². The van der Waals surface area contributed by atoms with Crippen LogP contribution in [0.15, 0.2) is 24.3 Å². The van der Waals surface area contributed by atoms with Crippen molar-refractivity contribution in [3.05, 3.63) is 34.4 Å². The Labute approximate surface area is 111 Å². The van der Waals surface area contributed by atoms with Crippen LogP contribution in [-0.4, -0.2) is 37.3 Å². The Bertz CT molecular complexity index is 416. The van der Waals surface area contributed by atoms with Gasteiger partial charge in [-0.3, -0.25) is 10.1 Å². The summed E-state index contributed by atoms with van der Waals surface area (Å²) < 4.78 is 10.9. The van der Waals surface area contributed by atoms with Crippen molar-refractivity contribution >= 4 is 18.1 Å². The molecule has 7 heteroatoms. The quantitative estimate of drug-likeness (QED) is 0.663. The maximum atomic E-state index is 10.6. The lowest BCUT2D eigenvalue weighted by atomic mass is 10.2. The third kappa shape index (κ3) is 3.32. The summed E-state index contributed by atoms with van der Waals surface area (Å²) >= 11 is 0. The molecule has 1 fully saturated rings. The predicted molar refractivity (Wildman–Crippen MR) is 68.4 cm³/mol. The van der Waals surface area contributed by atoms with E-state index >= 15 is 0 Å². The average Bonchev–Trinajstić information content (AvgIpc) is 2.76. The van der Waals surface area contributed by atoms with Crippen molar-refractivity contribution in [2.45, 2.75) is 12.2 Å². The zero-order chi connectivity index (χ0) is 12.3. The number of nitrogens with one attached hydrogen (secondary N) is 1. The molecule has 2 rings (SSSR count). The summed E-state index contributed by atoms with van der Waals surface area (Å²) in [5.74, 6) is 0.495. The monoisotopic (exact) mass is 274 g/mol. The number of nitro groups is 1. The molecule has 0 aliphatic carbocycles. The first-order valence-corrected chi connectivity index (χ1v) is 5.35. The fourth-order valence-corrected chi connectivity index (χ4v) is 1.83. The molecule has 6 nitrogen and oxygen atoms in total. The van der Waals surface area contributed by atoms with Crippen LogP contribution in [0.2, 0.25) is 0 Å². The maximum absolute atomic E-state index is 10.6. The zero-order valence-electron chi connectivity index (χ0n) is 9.87. The van der Waals surface area contributed by atoms with Crippen molar-refractivity contribution < 1.29 is 14.4 Å². The lowest BCUT2D eigenvalue weighted by Crippen LogP contribution is -2.31. The number of rotatable bonds is 4. The molecule has 1 aliphatic heterocycles. The topological polar surface area (TPSA) is 73.6 Å². The Morgan fingerprint density at radius 3 is 2.78 bits per heavy atom. The van der Waals surface area contributed by atoms with Gasteiger partial charge in [-0.05, 0) is 6.07 Å². The molecule has 100 valence electrons. The molecule has 1 N–H and O–H groups in total. The molecule has 1 aliphatic rings. The number of methoxy groups -OCH3 is 1. The SMILES string of the molecule is CO[C@H]1CNC[C@@H]1Oc1cccc([N+](=O)[O-])c1.Cl. The molecule has 1 heterocycles. The van der Waals surface area contributed by atoms with E-state index < -0.39 is 4.92 Å². The van der Waals surface area contributed by atoms with Crippen molar-refractivity contribution in [2.24, 2.45) is 0 Å². The number of ether oxygens (including phenoxy) is 2. The van der Waals surface area contributed by atoms with Crippen LogP contribution in [0.3, 0.4) is 0 Å². The second-order valence-corrected chi connectivity index (χ2v) is 3.84. The van der Waals surface area contributed by atoms with E-state index in [0.29, 0.717) is 12.3 Å². The highest BCUT2D eigenvalue weighted by Gasteiger charge is 2.28. The number of halogens is 1. The zero-order valence-corrected chi connectivity index (χ0v) is 10.7. The molecular formula is C11H15ClN2O4. The summed E-state index contributed by atoms with van der Waals surface area (Å²) in [5, 5.41) is 13.8. The predicted octanol–water partition coefficient (Wildman–Crippen LogP) is 1.38. The minimum Gasteiger partial charge on any atom is -0.486 e. The number of nitrogens with zero attached hydrogens (tertiary/aromatic N) is 1. The molecule has 18 heavy (non-hydrogen) atoms. The summed E-state index contributed by atoms with van der Waals surface area (Å²) in [7, 11) is 1.63. The van der Waals surface area contributed by atoms with Gasteiger partial charge in [0, 0.05) is 26.3 Å². The van der Waals surface area contributed by atoms with Crippen LogP contribution in [0.4, 0.5) is 5.69 Å². The van der Waals surface area contributed by atoms with Gasteiger partial charge in [-0.15, -0.1) is 12.4 Å². The molecule has 0 amide bonds. The van der Waals surface area contributed by atoms with Crippen molar-refractivity contribution in [3.8, 4) is 5.75 Å². The largest absolute Gasteiger partial charge is 0.486 e. The molecule has 2 atom stereocenters. The lowest BCUT2D eigenvalue weighted by molar-refractivity contribution is -0.385. The Morgan fingerprint density at radius 2 is 2.11 bits per heavy atom. The summed E-state index contributed by atoms with van der Waals surface area (Å²) in [6, 6.07) is 6.17. The minimum atomic E-state index is -0.437. The van der Waals surface area contributed by atoms with Gasteiger partial charge in [0.25, 0.3) is 5.69 Å². The molecule has 0 spiro atoms. The highest BCUT2D eigenvalue weighted by molar-refractivity contribution is 5.85. The number of benzene rings is 1. The molecule has 0 radical (unpaired) electrons. The van der Waals surface area contributed by atoms with Crippen LogP contribution in [0.25, 0.3) is 0 Å². The van der Waals surface area contributed by atoms with Gasteiger partial charge >= 0.3 is 0 Å². The van der Waals surface area contributed by atoms with E-state index in [2.05, 4.69) is 5.32 Å². The fraction of sp³-hybridized carbons (Fsp3) is 0.455. The van der Waals surface area contributed by atoms with Gasteiger partial charge in [-0.25, -0.2) is 0 Å². The van der Waals surface area contributed by atoms with E-state index in [0.717, 1.165) is 6.54 Å². The summed E-state index contributed by atoms with van der Waals surface area (Å²) in [6.45, 7) is 1.41. The first-order valence-electron chi connectivity index (χ1n) is 5.35. The van der Waals surface area contributed by atoms with E-state index in [9.17, 15) is 10.1 Å². The average molecular weight is 275 g/mol. The number of hydrogen-bond donors (Lipinski definition) is 1. The van der Waals surface area contributed by atoms with Crippen LogP contribution < -0.4 is 10.1 Å². The van der Waals surface area contributed by atoms with Gasteiger partial charge < -0.3 is 14.8 Å². The van der Waals surface area contributed by atoms with Crippen LogP contribution in [-0.2, 0) is 4.74 Å². The Balaban J connectivity index is 0.00000162. The lowest BCUT2D eigenvalue weighted by Gasteiger charge is -2.18. The van der Waals surface area contributed by atoms with Crippen LogP contribution in [0.1, 0.15) is 0 Å². The highest BCUT2D eigenvalue weighted by atomic mass is 35.5. The molecule has 1 aromatic carbocycles. The Hall–Kier alpha value is -1.37. The normalized spacial score (nSPS) is 22.3. The summed E-state index contributed by atoms with van der Waals surface area (Å²) in [5.41, 5.74) is 0.0300. The van der Waals surface area contributed by atoms with Crippen molar-refractivity contribution in [3.63, 3.8) is 0 Å². The van der Waals surface area contributed by atoms with E-state index in [1.54, 1.807) is 19.2 Å². The van der Waals surface area contributed by atoms with E-state index in [1.165, 1.54) is 12.1 Å². The highest BCUT2D eigenvalue weighted by Crippen LogP contribution is 2.21. The second kappa shape index (κ2) is 6.53. The molecule has 0 unspecified atom stereocenters. The smallest absolute Gasteiger partial charge is 0.273 e. The van der Waals surface area contributed by atoms with E-state index in [1.807, 2.05) is 0 Å². The first-order chi connectivity index (χ1) is 8.20. The molecule has 0 aromatic heterocycles. The molecule has 1 aromatic rings. The molecule has 0 bridgehead atoms. The molecule has 0 saturated carbocycles. The van der Waals surface area contributed by atoms with E-state index in [-0.39, 0.29) is 30.3 Å². The maximum Gasteiger partial charge on any atom is 0.273 e. The van der Waals surface area contributed by atoms with Gasteiger partial charge in [0.2, 0.25) is 0 Å². The van der Waals surface area contributed by atoms with Crippen molar-refractivity contribution in [2.75, 3.05) is 20.2 Å². The van der Waals surface area contributed by atoms with Crippen LogP contribution in [0, 0.1) is 10.1 Å². The van der Waals surface area contributed by atoms with Gasteiger partial charge in [0.1, 0.15) is 18.0 Å². The standard InChI is InChI=1S/C11H14N2O4.ClH/c1-16-10-6-12-7-11(10)17-9-4-2-3-8(5-9)13(14)15;/h2-5,10-12H,6-7H2,1H3;1H/t10-,11-;/m0./s1. The first kappa shape index (κ1) is 14.7. The van der Waals surface area contributed by atoms with Gasteiger partial charge in [-0.1, -0.05) is 6.07 Å². The summed E-state index contributed by atoms with van der Waals surface area (Å²) in [4.78, 5) is 10.2. The van der Waals surface area contributed by atoms with Gasteiger partial charge in [0.05, 0.1) is 11.0 Å². The Morgan fingerprint density at radius 1 is 1.39 bits per heavy atom. The number of nitro benzene ring substituents is 1. The third-order valence-electron chi connectivity index (χ3n) is 2.72. The third-order valence-corrected chi connectivity index (χ3v) is 2.72.